The van der Waals surface area contributed by atoms with Gasteiger partial charge in [-0.15, -0.1) is 0 Å². The Bertz CT molecular complexity index is 394. The molecule has 1 saturated heterocycles. The van der Waals surface area contributed by atoms with Crippen molar-refractivity contribution in [2.75, 3.05) is 13.2 Å². The lowest BCUT2D eigenvalue weighted by Crippen LogP contribution is -2.38. The van der Waals surface area contributed by atoms with Gasteiger partial charge in [0.05, 0.1) is 18.3 Å². The molecule has 0 aromatic carbocycles. The lowest BCUT2D eigenvalue weighted by molar-refractivity contribution is 0.0834. The maximum Gasteiger partial charge on any atom is 0.0726 e. The van der Waals surface area contributed by atoms with Gasteiger partial charge in [-0.05, 0) is 46.1 Å². The molecule has 2 unspecified atom stereocenters. The van der Waals surface area contributed by atoms with Crippen molar-refractivity contribution in [3.8, 4) is 0 Å². The lowest BCUT2D eigenvalue weighted by atomic mass is 10.1. The topological polar surface area (TPSA) is 39.1 Å². The van der Waals surface area contributed by atoms with Crippen LogP contribution in [0.15, 0.2) is 0 Å². The average Bonchev–Trinajstić information content (AvgIpc) is 2.95. The quantitative estimate of drug-likeness (QED) is 0.869. The highest BCUT2D eigenvalue weighted by atomic mass is 16.5. The summed E-state index contributed by atoms with van der Waals surface area (Å²) >= 11 is 0. The normalized spacial score (nSPS) is 21.4. The third kappa shape index (κ3) is 2.93. The smallest absolute Gasteiger partial charge is 0.0726 e. The van der Waals surface area contributed by atoms with Crippen LogP contribution in [0.4, 0.5) is 0 Å². The number of ether oxygens (including phenoxy) is 1. The molecule has 1 aliphatic heterocycles. The Labute approximate surface area is 110 Å². The minimum Gasteiger partial charge on any atom is -0.377 e. The molecule has 2 rings (SSSR count). The largest absolute Gasteiger partial charge is 0.377 e. The second-order valence-corrected chi connectivity index (χ2v) is 5.31. The molecule has 2 atom stereocenters. The molecule has 0 saturated carbocycles. The highest BCUT2D eigenvalue weighted by Crippen LogP contribution is 2.15. The molecule has 1 fully saturated rings. The molecule has 0 amide bonds. The molecule has 1 N–H and O–H groups in total. The minimum absolute atomic E-state index is 0.396. The number of nitrogens with zero attached hydrogens (tertiary/aromatic N) is 2. The minimum atomic E-state index is 0.396. The van der Waals surface area contributed by atoms with Crippen LogP contribution in [0.5, 0.6) is 0 Å². The molecule has 0 spiro atoms. The first-order valence-electron chi connectivity index (χ1n) is 6.95. The number of hydrogen-bond donors (Lipinski definition) is 1. The fourth-order valence-electron chi connectivity index (χ4n) is 2.53. The van der Waals surface area contributed by atoms with E-state index < -0.39 is 0 Å². The zero-order chi connectivity index (χ0) is 13.1. The van der Waals surface area contributed by atoms with Crippen LogP contribution in [0, 0.1) is 20.8 Å². The molecule has 1 aromatic rings. The third-order valence-electron chi connectivity index (χ3n) is 4.06. The second-order valence-electron chi connectivity index (χ2n) is 5.31. The van der Waals surface area contributed by atoms with Gasteiger partial charge in [-0.2, -0.15) is 5.10 Å². The van der Waals surface area contributed by atoms with Crippen molar-refractivity contribution in [2.24, 2.45) is 0 Å². The van der Waals surface area contributed by atoms with E-state index in [4.69, 9.17) is 4.74 Å². The van der Waals surface area contributed by atoms with E-state index >= 15 is 0 Å². The first kappa shape index (κ1) is 13.6. The Hall–Kier alpha value is -0.870. The molecule has 0 radical (unpaired) electrons. The molecule has 1 aromatic heterocycles. The summed E-state index contributed by atoms with van der Waals surface area (Å²) < 4.78 is 7.78. The van der Waals surface area contributed by atoms with Crippen LogP contribution in [-0.4, -0.2) is 35.1 Å². The van der Waals surface area contributed by atoms with Crippen LogP contribution in [0.2, 0.25) is 0 Å². The number of rotatable bonds is 5. The monoisotopic (exact) mass is 251 g/mol. The van der Waals surface area contributed by atoms with Gasteiger partial charge in [0.2, 0.25) is 0 Å². The molecular weight excluding hydrogens is 226 g/mol. The molecule has 0 bridgehead atoms. The van der Waals surface area contributed by atoms with Crippen molar-refractivity contribution < 1.29 is 4.74 Å². The maximum atomic E-state index is 5.68. The number of aryl methyl sites for hydroxylation is 1. The molecule has 0 aliphatic carbocycles. The van der Waals surface area contributed by atoms with Crippen molar-refractivity contribution in [1.29, 1.82) is 0 Å². The van der Waals surface area contributed by atoms with E-state index in [1.807, 2.05) is 0 Å². The molecule has 18 heavy (non-hydrogen) atoms. The lowest BCUT2D eigenvalue weighted by Gasteiger charge is -2.20. The van der Waals surface area contributed by atoms with Gasteiger partial charge in [-0.3, -0.25) is 4.68 Å². The van der Waals surface area contributed by atoms with Gasteiger partial charge in [-0.25, -0.2) is 0 Å². The van der Waals surface area contributed by atoms with Crippen LogP contribution in [0.1, 0.15) is 36.7 Å². The van der Waals surface area contributed by atoms with E-state index in [9.17, 15) is 0 Å². The van der Waals surface area contributed by atoms with Gasteiger partial charge < -0.3 is 10.1 Å². The number of nitrogens with one attached hydrogen (secondary N) is 1. The molecule has 4 heteroatoms. The zero-order valence-electron chi connectivity index (χ0n) is 12.0. The first-order valence-corrected chi connectivity index (χ1v) is 6.95. The van der Waals surface area contributed by atoms with Crippen molar-refractivity contribution in [1.82, 2.24) is 15.1 Å². The highest BCUT2D eigenvalue weighted by molar-refractivity contribution is 5.22. The standard InChI is InChI=1S/C14H25N3O/c1-10-11(2)16-17(13(10)4)8-7-15-12(3)14-6-5-9-18-14/h12,14-15H,5-9H2,1-4H3. The van der Waals surface area contributed by atoms with Crippen molar-refractivity contribution in [3.05, 3.63) is 17.0 Å². The molecule has 4 nitrogen and oxygen atoms in total. The van der Waals surface area contributed by atoms with E-state index in [2.05, 4.69) is 42.8 Å². The second kappa shape index (κ2) is 5.85. The van der Waals surface area contributed by atoms with E-state index in [0.717, 1.165) is 25.4 Å². The van der Waals surface area contributed by atoms with Crippen LogP contribution in [0.25, 0.3) is 0 Å². The number of hydrogen-bond acceptors (Lipinski definition) is 3. The first-order chi connectivity index (χ1) is 8.59. The average molecular weight is 251 g/mol. The molecule has 2 heterocycles. The van der Waals surface area contributed by atoms with Crippen molar-refractivity contribution in [3.63, 3.8) is 0 Å². The van der Waals surface area contributed by atoms with E-state index in [0.29, 0.717) is 12.1 Å². The van der Waals surface area contributed by atoms with Crippen LogP contribution in [0.3, 0.4) is 0 Å². The van der Waals surface area contributed by atoms with Crippen molar-refractivity contribution >= 4 is 0 Å². The molecule has 102 valence electrons. The Morgan fingerprint density at radius 3 is 2.78 bits per heavy atom. The summed E-state index contributed by atoms with van der Waals surface area (Å²) in [6.45, 7) is 11.4. The van der Waals surface area contributed by atoms with Crippen LogP contribution in [-0.2, 0) is 11.3 Å². The fourth-order valence-corrected chi connectivity index (χ4v) is 2.53. The Kier molecular flexibility index (Phi) is 4.40. The SMILES string of the molecule is Cc1nn(CCNC(C)C2CCCO2)c(C)c1C. The van der Waals surface area contributed by atoms with Crippen LogP contribution < -0.4 is 5.32 Å². The van der Waals surface area contributed by atoms with Gasteiger partial charge in [0.25, 0.3) is 0 Å². The summed E-state index contributed by atoms with van der Waals surface area (Å²) in [7, 11) is 0. The summed E-state index contributed by atoms with van der Waals surface area (Å²) in [6, 6.07) is 0.436. The Morgan fingerprint density at radius 1 is 1.44 bits per heavy atom. The third-order valence-corrected chi connectivity index (χ3v) is 4.06. The fraction of sp³-hybridized carbons (Fsp3) is 0.786. The summed E-state index contributed by atoms with van der Waals surface area (Å²) in [5, 5.41) is 8.09. The van der Waals surface area contributed by atoms with E-state index in [1.165, 1.54) is 24.1 Å². The van der Waals surface area contributed by atoms with E-state index in [1.54, 1.807) is 0 Å². The maximum absolute atomic E-state index is 5.68. The predicted molar refractivity (Wildman–Crippen MR) is 72.9 cm³/mol. The van der Waals surface area contributed by atoms with Gasteiger partial charge >= 0.3 is 0 Å². The van der Waals surface area contributed by atoms with Gasteiger partial charge in [0.15, 0.2) is 0 Å². The Balaban J connectivity index is 1.79. The van der Waals surface area contributed by atoms with Gasteiger partial charge in [0.1, 0.15) is 0 Å². The summed E-state index contributed by atoms with van der Waals surface area (Å²) in [5.41, 5.74) is 3.72. The summed E-state index contributed by atoms with van der Waals surface area (Å²) in [6.07, 6.45) is 2.78. The predicted octanol–water partition coefficient (Wildman–Crippen LogP) is 1.97. The molecular formula is C14H25N3O. The summed E-state index contributed by atoms with van der Waals surface area (Å²) in [4.78, 5) is 0. The zero-order valence-corrected chi connectivity index (χ0v) is 12.0. The van der Waals surface area contributed by atoms with Crippen molar-refractivity contribution in [2.45, 2.75) is 59.2 Å². The molecule has 1 aliphatic rings. The van der Waals surface area contributed by atoms with Gasteiger partial charge in [-0.1, -0.05) is 0 Å². The highest BCUT2D eigenvalue weighted by Gasteiger charge is 2.21. The van der Waals surface area contributed by atoms with E-state index in [-0.39, 0.29) is 0 Å². The van der Waals surface area contributed by atoms with Gasteiger partial charge in [0, 0.05) is 24.9 Å². The van der Waals surface area contributed by atoms with Crippen LogP contribution >= 0.6 is 0 Å². The number of aromatic nitrogens is 2. The summed E-state index contributed by atoms with van der Waals surface area (Å²) in [5.74, 6) is 0. The Morgan fingerprint density at radius 2 is 2.22 bits per heavy atom.